The van der Waals surface area contributed by atoms with Crippen molar-refractivity contribution in [2.75, 3.05) is 33.5 Å². The van der Waals surface area contributed by atoms with Gasteiger partial charge in [0.05, 0.1) is 42.0 Å². The summed E-state index contributed by atoms with van der Waals surface area (Å²) >= 11 is 7.75. The van der Waals surface area contributed by atoms with E-state index in [0.29, 0.717) is 53.0 Å². The van der Waals surface area contributed by atoms with Gasteiger partial charge >= 0.3 is 0 Å². The minimum absolute atomic E-state index is 0.125. The minimum Gasteiger partial charge on any atom is -0.490 e. The number of hydrogen-bond acceptors (Lipinski definition) is 6. The molecule has 2 aromatic rings. The molecule has 0 radical (unpaired) electrons. The minimum atomic E-state index is -0.125. The molecule has 0 aromatic heterocycles. The van der Waals surface area contributed by atoms with Gasteiger partial charge in [-0.25, -0.2) is 4.99 Å². The number of thioether (sulfide) groups is 1. The number of amidine groups is 1. The smallest absolute Gasteiger partial charge is 0.266 e. The third kappa shape index (κ3) is 5.81. The fourth-order valence-corrected chi connectivity index (χ4v) is 4.25. The Morgan fingerprint density at radius 1 is 1.13 bits per heavy atom. The van der Waals surface area contributed by atoms with Crippen molar-refractivity contribution >= 4 is 46.2 Å². The third-order valence-electron chi connectivity index (χ3n) is 4.31. The molecule has 6 nitrogen and oxygen atoms in total. The van der Waals surface area contributed by atoms with Gasteiger partial charge in [0.25, 0.3) is 5.91 Å². The first-order valence-electron chi connectivity index (χ1n) is 10.0. The lowest BCUT2D eigenvalue weighted by atomic mass is 10.1. The standard InChI is InChI=1S/C23H25ClN2O4S/c1-4-29-19-14-16(13-18(24)21(19)30-5-2)15-20-22(27)26(11-12-28-3)23(31-20)25-17-9-7-6-8-10-17/h6-10,13-15H,4-5,11-12H2,1-3H3/b20-15+,25-23?. The van der Waals surface area contributed by atoms with E-state index in [2.05, 4.69) is 4.99 Å². The molecule has 1 saturated heterocycles. The summed E-state index contributed by atoms with van der Waals surface area (Å²) in [6.45, 7) is 5.56. The van der Waals surface area contributed by atoms with Gasteiger partial charge in [-0.05, 0) is 61.5 Å². The number of para-hydroxylation sites is 1. The van der Waals surface area contributed by atoms with E-state index >= 15 is 0 Å². The maximum absolute atomic E-state index is 13.1. The van der Waals surface area contributed by atoms with Crippen molar-refractivity contribution in [1.29, 1.82) is 0 Å². The predicted molar refractivity (Wildman–Crippen MR) is 126 cm³/mol. The third-order valence-corrected chi connectivity index (χ3v) is 5.59. The van der Waals surface area contributed by atoms with Gasteiger partial charge in [0, 0.05) is 7.11 Å². The van der Waals surface area contributed by atoms with Crippen LogP contribution in [0.15, 0.2) is 52.4 Å². The molecule has 3 rings (SSSR count). The lowest BCUT2D eigenvalue weighted by Gasteiger charge is -2.14. The van der Waals surface area contributed by atoms with Crippen LogP contribution in [0.1, 0.15) is 19.4 Å². The Balaban J connectivity index is 1.96. The average molecular weight is 461 g/mol. The number of hydrogen-bond donors (Lipinski definition) is 0. The number of halogens is 1. The first-order valence-corrected chi connectivity index (χ1v) is 11.2. The topological polar surface area (TPSA) is 60.4 Å². The molecule has 0 aliphatic carbocycles. The monoisotopic (exact) mass is 460 g/mol. The molecule has 0 spiro atoms. The molecule has 0 N–H and O–H groups in total. The number of methoxy groups -OCH3 is 1. The van der Waals surface area contributed by atoms with Gasteiger partial charge in [-0.2, -0.15) is 0 Å². The van der Waals surface area contributed by atoms with Crippen LogP contribution >= 0.6 is 23.4 Å². The number of amides is 1. The van der Waals surface area contributed by atoms with Crippen LogP contribution in [0.2, 0.25) is 5.02 Å². The molecular formula is C23H25ClN2O4S. The van der Waals surface area contributed by atoms with Crippen LogP contribution in [0.25, 0.3) is 6.08 Å². The second-order valence-corrected chi connectivity index (χ2v) is 7.90. The number of ether oxygens (including phenoxy) is 3. The average Bonchev–Trinajstić information content (AvgIpc) is 3.04. The Morgan fingerprint density at radius 2 is 1.87 bits per heavy atom. The number of carbonyl (C=O) groups is 1. The van der Waals surface area contributed by atoms with Crippen LogP contribution in [-0.4, -0.2) is 49.4 Å². The highest BCUT2D eigenvalue weighted by atomic mass is 35.5. The first-order chi connectivity index (χ1) is 15.1. The zero-order valence-corrected chi connectivity index (χ0v) is 19.3. The summed E-state index contributed by atoms with van der Waals surface area (Å²) in [6, 6.07) is 13.1. The van der Waals surface area contributed by atoms with Crippen LogP contribution in [-0.2, 0) is 9.53 Å². The largest absolute Gasteiger partial charge is 0.490 e. The van der Waals surface area contributed by atoms with Crippen molar-refractivity contribution in [2.45, 2.75) is 13.8 Å². The lowest BCUT2D eigenvalue weighted by molar-refractivity contribution is -0.122. The summed E-state index contributed by atoms with van der Waals surface area (Å²) in [5.74, 6) is 0.930. The van der Waals surface area contributed by atoms with Gasteiger partial charge in [-0.15, -0.1) is 0 Å². The van der Waals surface area contributed by atoms with E-state index in [4.69, 9.17) is 25.8 Å². The summed E-state index contributed by atoms with van der Waals surface area (Å²) in [5.41, 5.74) is 1.53. The van der Waals surface area contributed by atoms with Crippen molar-refractivity contribution in [2.24, 2.45) is 4.99 Å². The normalized spacial score (nSPS) is 16.4. The highest BCUT2D eigenvalue weighted by Gasteiger charge is 2.33. The van der Waals surface area contributed by atoms with Gasteiger partial charge in [0.15, 0.2) is 16.7 Å². The molecule has 164 valence electrons. The van der Waals surface area contributed by atoms with E-state index in [1.165, 1.54) is 11.8 Å². The van der Waals surface area contributed by atoms with E-state index in [-0.39, 0.29) is 5.91 Å². The van der Waals surface area contributed by atoms with Crippen LogP contribution in [0.3, 0.4) is 0 Å². The maximum Gasteiger partial charge on any atom is 0.266 e. The van der Waals surface area contributed by atoms with Gasteiger partial charge in [-0.1, -0.05) is 29.8 Å². The molecule has 0 saturated carbocycles. The quantitative estimate of drug-likeness (QED) is 0.469. The second kappa shape index (κ2) is 11.2. The Labute approximate surface area is 191 Å². The Bertz CT molecular complexity index is 979. The number of aliphatic imine (C=N–C) groups is 1. The highest BCUT2D eigenvalue weighted by molar-refractivity contribution is 8.18. The molecular weight excluding hydrogens is 436 g/mol. The molecule has 0 unspecified atom stereocenters. The van der Waals surface area contributed by atoms with Crippen LogP contribution in [0.4, 0.5) is 5.69 Å². The summed E-state index contributed by atoms with van der Waals surface area (Å²) in [5, 5.41) is 1.05. The molecule has 2 aromatic carbocycles. The molecule has 8 heteroatoms. The van der Waals surface area contributed by atoms with Crippen molar-refractivity contribution in [3.05, 3.63) is 58.0 Å². The van der Waals surface area contributed by atoms with Gasteiger partial charge in [0.2, 0.25) is 0 Å². The SMILES string of the molecule is CCOc1cc(/C=C2/SC(=Nc3ccccc3)N(CCOC)C2=O)cc(Cl)c1OCC. The zero-order chi connectivity index (χ0) is 22.2. The molecule has 0 atom stereocenters. The van der Waals surface area contributed by atoms with Crippen molar-refractivity contribution < 1.29 is 19.0 Å². The summed E-state index contributed by atoms with van der Waals surface area (Å²) in [6.07, 6.45) is 1.80. The van der Waals surface area contributed by atoms with Gasteiger partial charge < -0.3 is 14.2 Å². The summed E-state index contributed by atoms with van der Waals surface area (Å²) < 4.78 is 16.5. The predicted octanol–water partition coefficient (Wildman–Crippen LogP) is 5.39. The van der Waals surface area contributed by atoms with E-state index in [9.17, 15) is 4.79 Å². The Kier molecular flexibility index (Phi) is 8.40. The lowest BCUT2D eigenvalue weighted by Crippen LogP contribution is -2.32. The second-order valence-electron chi connectivity index (χ2n) is 6.49. The van der Waals surface area contributed by atoms with Gasteiger partial charge in [-0.3, -0.25) is 9.69 Å². The summed E-state index contributed by atoms with van der Waals surface area (Å²) in [7, 11) is 1.61. The Hall–Kier alpha value is -2.48. The Morgan fingerprint density at radius 3 is 2.55 bits per heavy atom. The molecule has 1 amide bonds. The van der Waals surface area contributed by atoms with Crippen molar-refractivity contribution in [1.82, 2.24) is 4.90 Å². The first kappa shape index (κ1) is 23.2. The summed E-state index contributed by atoms with van der Waals surface area (Å²) in [4.78, 5) is 19.9. The molecule has 1 fully saturated rings. The van der Waals surface area contributed by atoms with Crippen LogP contribution in [0, 0.1) is 0 Å². The van der Waals surface area contributed by atoms with Gasteiger partial charge in [0.1, 0.15) is 0 Å². The van der Waals surface area contributed by atoms with Crippen molar-refractivity contribution in [3.8, 4) is 11.5 Å². The molecule has 0 bridgehead atoms. The molecule has 31 heavy (non-hydrogen) atoms. The molecule has 1 aliphatic heterocycles. The van der Waals surface area contributed by atoms with Crippen LogP contribution in [0.5, 0.6) is 11.5 Å². The number of carbonyl (C=O) groups excluding carboxylic acids is 1. The number of nitrogens with zero attached hydrogens (tertiary/aromatic N) is 2. The van der Waals surface area contributed by atoms with Crippen LogP contribution < -0.4 is 9.47 Å². The van der Waals surface area contributed by atoms with E-state index in [1.54, 1.807) is 24.2 Å². The molecule has 1 heterocycles. The number of benzene rings is 2. The van der Waals surface area contributed by atoms with E-state index in [0.717, 1.165) is 11.3 Å². The van der Waals surface area contributed by atoms with E-state index < -0.39 is 0 Å². The van der Waals surface area contributed by atoms with Crippen molar-refractivity contribution in [3.63, 3.8) is 0 Å². The fourth-order valence-electron chi connectivity index (χ4n) is 2.95. The number of rotatable bonds is 9. The zero-order valence-electron chi connectivity index (χ0n) is 17.8. The molecule has 1 aliphatic rings. The van der Waals surface area contributed by atoms with E-state index in [1.807, 2.05) is 50.2 Å². The maximum atomic E-state index is 13.1. The fraction of sp³-hybridized carbons (Fsp3) is 0.304. The highest BCUT2D eigenvalue weighted by Crippen LogP contribution is 2.39.